The van der Waals surface area contributed by atoms with E-state index < -0.39 is 6.04 Å². The molecule has 6 heteroatoms. The van der Waals surface area contributed by atoms with Gasteiger partial charge >= 0.3 is 0 Å². The predicted molar refractivity (Wildman–Crippen MR) is 63.5 cm³/mol. The van der Waals surface area contributed by atoms with Crippen molar-refractivity contribution in [2.45, 2.75) is 31.9 Å². The molecule has 6 nitrogen and oxygen atoms in total. The molecule has 0 spiro atoms. The fourth-order valence-corrected chi connectivity index (χ4v) is 1.72. The van der Waals surface area contributed by atoms with Crippen molar-refractivity contribution in [2.75, 3.05) is 26.7 Å². The van der Waals surface area contributed by atoms with Gasteiger partial charge in [-0.1, -0.05) is 0 Å². The zero-order chi connectivity index (χ0) is 12.7. The lowest BCUT2D eigenvalue weighted by Crippen LogP contribution is -2.45. The van der Waals surface area contributed by atoms with Gasteiger partial charge in [0, 0.05) is 7.05 Å². The summed E-state index contributed by atoms with van der Waals surface area (Å²) in [5.41, 5.74) is 0. The normalized spacial score (nSPS) is 18.5. The second-order valence-corrected chi connectivity index (χ2v) is 4.16. The smallest absolute Gasteiger partial charge is 0.246 e. The van der Waals surface area contributed by atoms with Gasteiger partial charge in [0.15, 0.2) is 0 Å². The molecule has 0 bridgehead atoms. The van der Waals surface area contributed by atoms with E-state index in [1.165, 1.54) is 7.05 Å². The average molecular weight is 243 g/mol. The number of likely N-dealkylation sites (N-methyl/N-ethyl adjacent to an activating group) is 1. The highest BCUT2D eigenvalue weighted by atomic mass is 16.5. The van der Waals surface area contributed by atoms with Crippen molar-refractivity contribution in [2.24, 2.45) is 0 Å². The van der Waals surface area contributed by atoms with Gasteiger partial charge in [0.2, 0.25) is 11.8 Å². The summed E-state index contributed by atoms with van der Waals surface area (Å²) in [5, 5.41) is 8.28. The Labute approximate surface area is 101 Å². The molecule has 0 saturated carbocycles. The number of hydrogen-bond donors (Lipinski definition) is 3. The summed E-state index contributed by atoms with van der Waals surface area (Å²) in [7, 11) is 1.54. The van der Waals surface area contributed by atoms with Crippen molar-refractivity contribution in [3.63, 3.8) is 0 Å². The highest BCUT2D eigenvalue weighted by molar-refractivity contribution is 5.87. The van der Waals surface area contributed by atoms with Crippen LogP contribution in [0.3, 0.4) is 0 Å². The van der Waals surface area contributed by atoms with Gasteiger partial charge in [0.25, 0.3) is 0 Å². The van der Waals surface area contributed by atoms with E-state index in [2.05, 4.69) is 16.0 Å². The summed E-state index contributed by atoms with van der Waals surface area (Å²) in [6.45, 7) is 3.52. The lowest BCUT2D eigenvalue weighted by molar-refractivity contribution is -0.132. The van der Waals surface area contributed by atoms with E-state index in [4.69, 9.17) is 4.74 Å². The molecule has 1 atom stereocenters. The molecule has 0 aromatic carbocycles. The molecule has 1 aliphatic rings. The van der Waals surface area contributed by atoms with Crippen molar-refractivity contribution < 1.29 is 14.3 Å². The first-order valence-corrected chi connectivity index (χ1v) is 5.96. The van der Waals surface area contributed by atoms with E-state index in [9.17, 15) is 9.59 Å². The number of carbonyl (C=O) groups is 2. The first-order valence-electron chi connectivity index (χ1n) is 5.96. The lowest BCUT2D eigenvalue weighted by Gasteiger charge is -2.23. The van der Waals surface area contributed by atoms with Gasteiger partial charge in [-0.25, -0.2) is 0 Å². The van der Waals surface area contributed by atoms with Crippen LogP contribution in [0.2, 0.25) is 0 Å². The Morgan fingerprint density at radius 1 is 1.41 bits per heavy atom. The van der Waals surface area contributed by atoms with Crippen LogP contribution < -0.4 is 16.0 Å². The van der Waals surface area contributed by atoms with Crippen molar-refractivity contribution >= 4 is 11.8 Å². The maximum atomic E-state index is 11.5. The molecule has 1 aliphatic heterocycles. The molecule has 0 aromatic heterocycles. The van der Waals surface area contributed by atoms with E-state index in [0.717, 1.165) is 25.9 Å². The van der Waals surface area contributed by atoms with Gasteiger partial charge in [-0.3, -0.25) is 9.59 Å². The Hall–Kier alpha value is -1.14. The Morgan fingerprint density at radius 3 is 2.65 bits per heavy atom. The third kappa shape index (κ3) is 5.14. The number of amides is 2. The van der Waals surface area contributed by atoms with Crippen LogP contribution in [0, 0.1) is 0 Å². The summed E-state index contributed by atoms with van der Waals surface area (Å²) in [4.78, 5) is 22.7. The Morgan fingerprint density at radius 2 is 2.06 bits per heavy atom. The van der Waals surface area contributed by atoms with Crippen LogP contribution in [0.5, 0.6) is 0 Å². The number of nitrogens with one attached hydrogen (secondary N) is 3. The molecule has 1 rings (SSSR count). The van der Waals surface area contributed by atoms with Gasteiger partial charge in [-0.05, 0) is 32.9 Å². The van der Waals surface area contributed by atoms with Crippen LogP contribution in [-0.4, -0.2) is 50.7 Å². The Kier molecular flexibility index (Phi) is 5.93. The van der Waals surface area contributed by atoms with Gasteiger partial charge in [0.1, 0.15) is 12.6 Å². The number of piperidine rings is 1. The van der Waals surface area contributed by atoms with Crippen LogP contribution in [0.15, 0.2) is 0 Å². The first kappa shape index (κ1) is 13.9. The van der Waals surface area contributed by atoms with Crippen molar-refractivity contribution in [3.05, 3.63) is 0 Å². The van der Waals surface area contributed by atoms with Gasteiger partial charge in [-0.2, -0.15) is 0 Å². The largest absolute Gasteiger partial charge is 0.368 e. The Bertz CT molecular complexity index is 265. The second kappa shape index (κ2) is 7.24. The average Bonchev–Trinajstić information content (AvgIpc) is 2.36. The number of hydrogen-bond acceptors (Lipinski definition) is 4. The maximum absolute atomic E-state index is 11.5. The van der Waals surface area contributed by atoms with Gasteiger partial charge in [0.05, 0.1) is 6.10 Å². The van der Waals surface area contributed by atoms with Crippen LogP contribution in [0.1, 0.15) is 19.8 Å². The van der Waals surface area contributed by atoms with Gasteiger partial charge in [-0.15, -0.1) is 0 Å². The van der Waals surface area contributed by atoms with Gasteiger partial charge < -0.3 is 20.7 Å². The van der Waals surface area contributed by atoms with E-state index >= 15 is 0 Å². The lowest BCUT2D eigenvalue weighted by atomic mass is 10.1. The SMILES string of the molecule is CNC(=O)C(C)NC(=O)COC1CCNCC1. The first-order chi connectivity index (χ1) is 8.13. The summed E-state index contributed by atoms with van der Waals surface area (Å²) in [5.74, 6) is -0.458. The topological polar surface area (TPSA) is 79.5 Å². The molecule has 1 unspecified atom stereocenters. The summed E-state index contributed by atoms with van der Waals surface area (Å²) >= 11 is 0. The third-order valence-electron chi connectivity index (χ3n) is 2.75. The monoisotopic (exact) mass is 243 g/mol. The van der Waals surface area contributed by atoms with Crippen molar-refractivity contribution in [3.8, 4) is 0 Å². The third-order valence-corrected chi connectivity index (χ3v) is 2.75. The summed E-state index contributed by atoms with van der Waals surface area (Å²) in [6, 6.07) is -0.524. The van der Waals surface area contributed by atoms with Crippen molar-refractivity contribution in [1.82, 2.24) is 16.0 Å². The summed E-state index contributed by atoms with van der Waals surface area (Å²) < 4.78 is 5.48. The standard InChI is InChI=1S/C11H21N3O3/c1-8(11(16)12-2)14-10(15)7-17-9-3-5-13-6-4-9/h8-9,13H,3-7H2,1-2H3,(H,12,16)(H,14,15). The Balaban J connectivity index is 2.18. The minimum absolute atomic E-state index is 0.0198. The highest BCUT2D eigenvalue weighted by Gasteiger charge is 2.17. The van der Waals surface area contributed by atoms with E-state index in [1.807, 2.05) is 0 Å². The molecule has 1 heterocycles. The number of rotatable bonds is 5. The van der Waals surface area contributed by atoms with Crippen molar-refractivity contribution in [1.29, 1.82) is 0 Å². The molecule has 0 aromatic rings. The minimum atomic E-state index is -0.524. The fraction of sp³-hybridized carbons (Fsp3) is 0.818. The fourth-order valence-electron chi connectivity index (χ4n) is 1.72. The molecular weight excluding hydrogens is 222 g/mol. The molecule has 17 heavy (non-hydrogen) atoms. The van der Waals surface area contributed by atoms with Crippen LogP contribution in [-0.2, 0) is 14.3 Å². The minimum Gasteiger partial charge on any atom is -0.368 e. The number of carbonyl (C=O) groups excluding carboxylic acids is 2. The molecule has 0 aliphatic carbocycles. The van der Waals surface area contributed by atoms with Crippen LogP contribution in [0.4, 0.5) is 0 Å². The van der Waals surface area contributed by atoms with E-state index in [0.29, 0.717) is 0 Å². The van der Waals surface area contributed by atoms with E-state index in [1.54, 1.807) is 6.92 Å². The molecule has 98 valence electrons. The molecule has 2 amide bonds. The van der Waals surface area contributed by atoms with E-state index in [-0.39, 0.29) is 24.5 Å². The molecular formula is C11H21N3O3. The quantitative estimate of drug-likeness (QED) is 0.579. The highest BCUT2D eigenvalue weighted by Crippen LogP contribution is 2.06. The zero-order valence-electron chi connectivity index (χ0n) is 10.4. The predicted octanol–water partition coefficient (Wildman–Crippen LogP) is -0.994. The maximum Gasteiger partial charge on any atom is 0.246 e. The second-order valence-electron chi connectivity index (χ2n) is 4.16. The molecule has 0 radical (unpaired) electrons. The molecule has 1 saturated heterocycles. The van der Waals surface area contributed by atoms with Crippen LogP contribution >= 0.6 is 0 Å². The van der Waals surface area contributed by atoms with Crippen LogP contribution in [0.25, 0.3) is 0 Å². The zero-order valence-corrected chi connectivity index (χ0v) is 10.4. The molecule has 1 fully saturated rings. The molecule has 3 N–H and O–H groups in total. The number of ether oxygens (including phenoxy) is 1. The summed E-state index contributed by atoms with van der Waals surface area (Å²) in [6.07, 6.45) is 2.01.